The molecule has 0 unspecified atom stereocenters. The third-order valence-electron chi connectivity index (χ3n) is 0.729. The van der Waals surface area contributed by atoms with Gasteiger partial charge in [0.05, 0.1) is 0 Å². The third kappa shape index (κ3) is 5.82. The Bertz CT molecular complexity index is 72.8. The zero-order valence-electron chi connectivity index (χ0n) is 4.85. The predicted molar refractivity (Wildman–Crippen MR) is 32.6 cm³/mol. The largest absolute Gasteiger partial charge is 0.550 e. The molecule has 0 amide bonds. The minimum Gasteiger partial charge on any atom is -0.550 e. The molecule has 2 nitrogen and oxygen atoms in total. The average molecular weight is 133 g/mol. The molecule has 0 N–H and O–H groups in total. The molecule has 0 aromatic heterocycles. The van der Waals surface area contributed by atoms with Crippen molar-refractivity contribution >= 4 is 17.7 Å². The Morgan fingerprint density at radius 2 is 2.38 bits per heavy atom. The van der Waals surface area contributed by atoms with Crippen LogP contribution in [-0.2, 0) is 4.79 Å². The van der Waals surface area contributed by atoms with E-state index in [1.165, 1.54) is 0 Å². The van der Waals surface area contributed by atoms with E-state index in [0.717, 1.165) is 12.2 Å². The van der Waals surface area contributed by atoms with Gasteiger partial charge in [0.15, 0.2) is 0 Å². The minimum atomic E-state index is -0.945. The highest BCUT2D eigenvalue weighted by molar-refractivity contribution is 7.98. The standard InChI is InChI=1S/C5H10O2S/c1-8-4-2-3-5(6)7/h2-4H2,1H3,(H,6,7)/p-1. The quantitative estimate of drug-likeness (QED) is 0.502. The summed E-state index contributed by atoms with van der Waals surface area (Å²) in [6, 6.07) is 0. The fourth-order valence-corrected chi connectivity index (χ4v) is 0.794. The van der Waals surface area contributed by atoms with Crippen LogP contribution in [0.15, 0.2) is 0 Å². The molecule has 8 heavy (non-hydrogen) atoms. The number of thioether (sulfide) groups is 1. The van der Waals surface area contributed by atoms with E-state index < -0.39 is 5.97 Å². The van der Waals surface area contributed by atoms with Gasteiger partial charge in [0.2, 0.25) is 0 Å². The Morgan fingerprint density at radius 1 is 1.75 bits per heavy atom. The van der Waals surface area contributed by atoms with Crippen LogP contribution in [0.3, 0.4) is 0 Å². The summed E-state index contributed by atoms with van der Waals surface area (Å²) >= 11 is 1.65. The molecule has 0 aromatic carbocycles. The molecule has 0 saturated carbocycles. The summed E-state index contributed by atoms with van der Waals surface area (Å²) in [5.74, 6) is -0.0346. The second kappa shape index (κ2) is 4.97. The molecular weight excluding hydrogens is 124 g/mol. The molecule has 0 aliphatic heterocycles. The molecular formula is C5H9O2S-. The van der Waals surface area contributed by atoms with Gasteiger partial charge in [-0.15, -0.1) is 0 Å². The fraction of sp³-hybridized carbons (Fsp3) is 0.800. The van der Waals surface area contributed by atoms with Crippen LogP contribution in [0.25, 0.3) is 0 Å². The topological polar surface area (TPSA) is 40.1 Å². The number of hydrogen-bond acceptors (Lipinski definition) is 3. The van der Waals surface area contributed by atoms with Crippen molar-refractivity contribution in [2.45, 2.75) is 12.8 Å². The molecule has 3 heteroatoms. The maximum absolute atomic E-state index is 9.75. The average Bonchev–Trinajstić information content (AvgIpc) is 1.66. The lowest BCUT2D eigenvalue weighted by Gasteiger charge is -1.97. The molecule has 48 valence electrons. The summed E-state index contributed by atoms with van der Waals surface area (Å²) in [6.45, 7) is 0. The van der Waals surface area contributed by atoms with E-state index in [1.807, 2.05) is 6.26 Å². The molecule has 0 aliphatic rings. The van der Waals surface area contributed by atoms with Gasteiger partial charge in [-0.3, -0.25) is 0 Å². The first-order chi connectivity index (χ1) is 3.77. The van der Waals surface area contributed by atoms with Gasteiger partial charge in [0.1, 0.15) is 0 Å². The Kier molecular flexibility index (Phi) is 4.85. The molecule has 0 aromatic rings. The number of carboxylic acids is 1. The minimum absolute atomic E-state index is 0.195. The lowest BCUT2D eigenvalue weighted by atomic mass is 10.3. The van der Waals surface area contributed by atoms with Gasteiger partial charge in [0.25, 0.3) is 0 Å². The molecule has 0 bridgehead atoms. The van der Waals surface area contributed by atoms with Crippen molar-refractivity contribution in [2.24, 2.45) is 0 Å². The lowest BCUT2D eigenvalue weighted by Crippen LogP contribution is -2.21. The van der Waals surface area contributed by atoms with Crippen molar-refractivity contribution < 1.29 is 9.90 Å². The van der Waals surface area contributed by atoms with E-state index in [1.54, 1.807) is 11.8 Å². The van der Waals surface area contributed by atoms with E-state index >= 15 is 0 Å². The summed E-state index contributed by atoms with van der Waals surface area (Å²) < 4.78 is 0. The second-order valence-electron chi connectivity index (χ2n) is 1.47. The highest BCUT2D eigenvalue weighted by Gasteiger charge is 1.84. The fourth-order valence-electron chi connectivity index (χ4n) is 0.361. The highest BCUT2D eigenvalue weighted by Crippen LogP contribution is 1.97. The molecule has 0 radical (unpaired) electrons. The summed E-state index contributed by atoms with van der Waals surface area (Å²) in [4.78, 5) is 9.75. The van der Waals surface area contributed by atoms with E-state index in [-0.39, 0.29) is 6.42 Å². The molecule has 0 rings (SSSR count). The van der Waals surface area contributed by atoms with Crippen molar-refractivity contribution in [3.05, 3.63) is 0 Å². The van der Waals surface area contributed by atoms with Crippen molar-refractivity contribution in [2.75, 3.05) is 12.0 Å². The monoisotopic (exact) mass is 133 g/mol. The number of carbonyl (C=O) groups excluding carboxylic acids is 1. The highest BCUT2D eigenvalue weighted by atomic mass is 32.2. The Balaban J connectivity index is 2.82. The van der Waals surface area contributed by atoms with Crippen molar-refractivity contribution in [1.29, 1.82) is 0 Å². The molecule has 0 atom stereocenters. The van der Waals surface area contributed by atoms with Gasteiger partial charge in [0, 0.05) is 5.97 Å². The smallest absolute Gasteiger partial charge is 0.0414 e. The number of carboxylic acid groups (broad SMARTS) is 1. The van der Waals surface area contributed by atoms with Crippen LogP contribution in [0, 0.1) is 0 Å². The SMILES string of the molecule is CSCCCC(=O)[O-]. The van der Waals surface area contributed by atoms with E-state index in [0.29, 0.717) is 0 Å². The lowest BCUT2D eigenvalue weighted by molar-refractivity contribution is -0.305. The summed E-state index contributed by atoms with van der Waals surface area (Å²) in [5.41, 5.74) is 0. The van der Waals surface area contributed by atoms with Crippen molar-refractivity contribution in [3.8, 4) is 0 Å². The first-order valence-electron chi connectivity index (χ1n) is 2.46. The Morgan fingerprint density at radius 3 is 2.75 bits per heavy atom. The number of carbonyl (C=O) groups is 1. The normalized spacial score (nSPS) is 9.12. The molecule has 0 fully saturated rings. The number of rotatable bonds is 4. The van der Waals surface area contributed by atoms with Crippen LogP contribution in [0.5, 0.6) is 0 Å². The van der Waals surface area contributed by atoms with Crippen LogP contribution in [0.4, 0.5) is 0 Å². The van der Waals surface area contributed by atoms with Crippen LogP contribution in [-0.4, -0.2) is 18.0 Å². The maximum atomic E-state index is 9.75. The van der Waals surface area contributed by atoms with Crippen LogP contribution >= 0.6 is 11.8 Å². The van der Waals surface area contributed by atoms with E-state index in [9.17, 15) is 9.90 Å². The molecule has 0 heterocycles. The summed E-state index contributed by atoms with van der Waals surface area (Å²) in [5, 5.41) is 9.75. The first-order valence-corrected chi connectivity index (χ1v) is 3.85. The van der Waals surface area contributed by atoms with Gasteiger partial charge in [-0.2, -0.15) is 11.8 Å². The van der Waals surface area contributed by atoms with E-state index in [2.05, 4.69) is 0 Å². The number of aliphatic carboxylic acids is 1. The molecule has 0 aliphatic carbocycles. The summed E-state index contributed by atoms with van der Waals surface area (Å²) in [6.07, 6.45) is 2.87. The maximum Gasteiger partial charge on any atom is 0.0414 e. The van der Waals surface area contributed by atoms with Gasteiger partial charge < -0.3 is 9.90 Å². The first kappa shape index (κ1) is 7.82. The van der Waals surface area contributed by atoms with Crippen molar-refractivity contribution in [1.82, 2.24) is 0 Å². The van der Waals surface area contributed by atoms with E-state index in [4.69, 9.17) is 0 Å². The van der Waals surface area contributed by atoms with Crippen molar-refractivity contribution in [3.63, 3.8) is 0 Å². The molecule has 0 spiro atoms. The van der Waals surface area contributed by atoms with Gasteiger partial charge in [-0.05, 0) is 24.9 Å². The summed E-state index contributed by atoms with van der Waals surface area (Å²) in [7, 11) is 0. The van der Waals surface area contributed by atoms with Crippen LogP contribution in [0.2, 0.25) is 0 Å². The van der Waals surface area contributed by atoms with Gasteiger partial charge in [-0.25, -0.2) is 0 Å². The molecule has 0 saturated heterocycles. The van der Waals surface area contributed by atoms with Gasteiger partial charge >= 0.3 is 0 Å². The van der Waals surface area contributed by atoms with Crippen LogP contribution < -0.4 is 5.11 Å². The second-order valence-corrected chi connectivity index (χ2v) is 2.45. The zero-order valence-corrected chi connectivity index (χ0v) is 5.66. The van der Waals surface area contributed by atoms with Gasteiger partial charge in [-0.1, -0.05) is 0 Å². The number of hydrogen-bond donors (Lipinski definition) is 0. The third-order valence-corrected chi connectivity index (χ3v) is 1.43. The Hall–Kier alpha value is -0.180. The van der Waals surface area contributed by atoms with Crippen LogP contribution in [0.1, 0.15) is 12.8 Å². The zero-order chi connectivity index (χ0) is 6.41. The predicted octanol–water partition coefficient (Wildman–Crippen LogP) is -0.121. The Labute approximate surface area is 53.3 Å².